The first kappa shape index (κ1) is 12.9. The second-order valence-electron chi connectivity index (χ2n) is 4.46. The highest BCUT2D eigenvalue weighted by Crippen LogP contribution is 2.42. The van der Waals surface area contributed by atoms with Gasteiger partial charge in [-0.2, -0.15) is 4.98 Å². The molecule has 1 atom stereocenters. The van der Waals surface area contributed by atoms with Crippen molar-refractivity contribution in [2.75, 3.05) is 12.4 Å². The summed E-state index contributed by atoms with van der Waals surface area (Å²) < 4.78 is 4.89. The zero-order chi connectivity index (χ0) is 13.3. The van der Waals surface area contributed by atoms with Crippen molar-refractivity contribution in [2.45, 2.75) is 25.3 Å². The van der Waals surface area contributed by atoms with Crippen molar-refractivity contribution in [3.8, 4) is 6.01 Å². The third kappa shape index (κ3) is 2.33. The Morgan fingerprint density at radius 1 is 1.67 bits per heavy atom. The molecule has 0 aliphatic heterocycles. The van der Waals surface area contributed by atoms with Gasteiger partial charge < -0.3 is 15.2 Å². The Hall–Kier alpha value is -1.56. The van der Waals surface area contributed by atoms with E-state index in [1.54, 1.807) is 6.92 Å². The van der Waals surface area contributed by atoms with E-state index in [9.17, 15) is 9.90 Å². The van der Waals surface area contributed by atoms with Crippen molar-refractivity contribution in [3.63, 3.8) is 0 Å². The van der Waals surface area contributed by atoms with E-state index in [0.717, 1.165) is 12.8 Å². The average molecular weight is 272 g/mol. The van der Waals surface area contributed by atoms with Gasteiger partial charge in [0.2, 0.25) is 0 Å². The number of methoxy groups -OCH3 is 1. The molecule has 18 heavy (non-hydrogen) atoms. The summed E-state index contributed by atoms with van der Waals surface area (Å²) in [5.74, 6) is -0.550. The Labute approximate surface area is 109 Å². The largest absolute Gasteiger partial charge is 0.480 e. The van der Waals surface area contributed by atoms with Crippen LogP contribution in [0.3, 0.4) is 0 Å². The van der Waals surface area contributed by atoms with Gasteiger partial charge in [0.1, 0.15) is 10.6 Å². The molecule has 1 fully saturated rings. The number of hydrogen-bond donors (Lipinski definition) is 2. The van der Waals surface area contributed by atoms with Crippen LogP contribution < -0.4 is 10.1 Å². The van der Waals surface area contributed by atoms with E-state index >= 15 is 0 Å². The van der Waals surface area contributed by atoms with Gasteiger partial charge in [0.25, 0.3) is 0 Å². The van der Waals surface area contributed by atoms with Crippen molar-refractivity contribution in [1.29, 1.82) is 0 Å². The fourth-order valence-corrected chi connectivity index (χ4v) is 1.91. The van der Waals surface area contributed by atoms with Crippen LogP contribution in [0.2, 0.25) is 5.02 Å². The van der Waals surface area contributed by atoms with Crippen LogP contribution >= 0.6 is 11.6 Å². The number of hydrogen-bond acceptors (Lipinski definition) is 5. The maximum absolute atomic E-state index is 11.4. The van der Waals surface area contributed by atoms with Gasteiger partial charge in [0, 0.05) is 0 Å². The third-order valence-corrected chi connectivity index (χ3v) is 3.40. The molecule has 1 saturated carbocycles. The van der Waals surface area contributed by atoms with Crippen molar-refractivity contribution in [1.82, 2.24) is 9.97 Å². The predicted octanol–water partition coefficient (Wildman–Crippen LogP) is 1.80. The first-order valence-electron chi connectivity index (χ1n) is 5.55. The molecule has 1 heterocycles. The molecule has 0 amide bonds. The lowest BCUT2D eigenvalue weighted by Gasteiger charge is -2.27. The quantitative estimate of drug-likeness (QED) is 0.850. The molecule has 7 heteroatoms. The zero-order valence-electron chi connectivity index (χ0n) is 10.1. The van der Waals surface area contributed by atoms with Crippen LogP contribution in [0.25, 0.3) is 0 Å². The Morgan fingerprint density at radius 3 is 2.83 bits per heavy atom. The number of carbonyl (C=O) groups is 1. The molecule has 0 bridgehead atoms. The summed E-state index contributed by atoms with van der Waals surface area (Å²) in [7, 11) is 1.43. The topological polar surface area (TPSA) is 84.3 Å². The summed E-state index contributed by atoms with van der Waals surface area (Å²) in [4.78, 5) is 19.3. The van der Waals surface area contributed by atoms with Crippen LogP contribution in [0.5, 0.6) is 6.01 Å². The molecular formula is C11H14ClN3O3. The van der Waals surface area contributed by atoms with E-state index in [4.69, 9.17) is 16.3 Å². The number of nitrogens with zero attached hydrogens (tertiary/aromatic N) is 2. The van der Waals surface area contributed by atoms with Crippen molar-refractivity contribution in [2.24, 2.45) is 5.92 Å². The van der Waals surface area contributed by atoms with Crippen LogP contribution in [-0.4, -0.2) is 33.7 Å². The number of nitrogens with one attached hydrogen (secondary N) is 1. The molecule has 0 radical (unpaired) electrons. The van der Waals surface area contributed by atoms with Crippen molar-refractivity contribution in [3.05, 3.63) is 11.2 Å². The molecule has 1 aromatic rings. The van der Waals surface area contributed by atoms with E-state index in [-0.39, 0.29) is 22.8 Å². The van der Waals surface area contributed by atoms with Gasteiger partial charge in [-0.3, -0.25) is 0 Å². The van der Waals surface area contributed by atoms with Gasteiger partial charge in [-0.1, -0.05) is 11.6 Å². The number of aromatic nitrogens is 2. The molecule has 1 aliphatic carbocycles. The van der Waals surface area contributed by atoms with Gasteiger partial charge in [-0.25, -0.2) is 9.78 Å². The minimum Gasteiger partial charge on any atom is -0.480 e. The zero-order valence-corrected chi connectivity index (χ0v) is 10.9. The lowest BCUT2D eigenvalue weighted by atomic mass is 9.96. The van der Waals surface area contributed by atoms with Crippen LogP contribution in [0.1, 0.15) is 19.8 Å². The average Bonchev–Trinajstić information content (AvgIpc) is 3.15. The SMILES string of the molecule is COc1ncc(Cl)c(NC(C)(C(=O)O)C2CC2)n1. The first-order chi connectivity index (χ1) is 8.47. The molecule has 98 valence electrons. The third-order valence-electron chi connectivity index (χ3n) is 3.12. The summed E-state index contributed by atoms with van der Waals surface area (Å²) in [6.07, 6.45) is 3.15. The minimum absolute atomic E-state index is 0.0898. The monoisotopic (exact) mass is 271 g/mol. The molecule has 0 aromatic carbocycles. The predicted molar refractivity (Wildman–Crippen MR) is 66.0 cm³/mol. The molecule has 2 rings (SSSR count). The van der Waals surface area contributed by atoms with E-state index in [1.165, 1.54) is 13.3 Å². The molecule has 0 spiro atoms. The maximum Gasteiger partial charge on any atom is 0.329 e. The van der Waals surface area contributed by atoms with E-state index in [2.05, 4.69) is 15.3 Å². The Morgan fingerprint density at radius 2 is 2.33 bits per heavy atom. The minimum atomic E-state index is -1.07. The van der Waals surface area contributed by atoms with Gasteiger partial charge in [0.05, 0.1) is 13.3 Å². The Kier molecular flexibility index (Phi) is 3.30. The normalized spacial score (nSPS) is 17.9. The van der Waals surface area contributed by atoms with Crippen LogP contribution in [-0.2, 0) is 4.79 Å². The molecule has 1 aromatic heterocycles. The summed E-state index contributed by atoms with van der Waals surface area (Å²) in [6.45, 7) is 1.64. The number of aliphatic carboxylic acids is 1. The van der Waals surface area contributed by atoms with E-state index < -0.39 is 11.5 Å². The molecule has 6 nitrogen and oxygen atoms in total. The lowest BCUT2D eigenvalue weighted by Crippen LogP contribution is -2.45. The molecule has 1 aliphatic rings. The molecule has 2 N–H and O–H groups in total. The van der Waals surface area contributed by atoms with E-state index in [1.807, 2.05) is 0 Å². The van der Waals surface area contributed by atoms with Crippen LogP contribution in [0, 0.1) is 5.92 Å². The molecule has 1 unspecified atom stereocenters. The first-order valence-corrected chi connectivity index (χ1v) is 5.93. The second kappa shape index (κ2) is 4.61. The standard InChI is InChI=1S/C11H14ClN3O3/c1-11(9(16)17,6-3-4-6)15-8-7(12)5-13-10(14-8)18-2/h5-6H,3-4H2,1-2H3,(H,16,17)(H,13,14,15). The summed E-state index contributed by atoms with van der Waals surface area (Å²) in [6, 6.07) is 0.144. The Balaban J connectivity index is 2.29. The fraction of sp³-hybridized carbons (Fsp3) is 0.545. The van der Waals surface area contributed by atoms with Crippen LogP contribution in [0.4, 0.5) is 5.82 Å². The smallest absolute Gasteiger partial charge is 0.329 e. The maximum atomic E-state index is 11.4. The summed E-state index contributed by atoms with van der Waals surface area (Å²) in [5, 5.41) is 12.5. The van der Waals surface area contributed by atoms with Gasteiger partial charge in [-0.15, -0.1) is 0 Å². The number of carboxylic acids is 1. The Bertz CT molecular complexity index is 479. The van der Waals surface area contributed by atoms with Gasteiger partial charge in [0.15, 0.2) is 5.82 Å². The van der Waals surface area contributed by atoms with E-state index in [0.29, 0.717) is 0 Å². The van der Waals surface area contributed by atoms with Crippen LogP contribution in [0.15, 0.2) is 6.20 Å². The highest BCUT2D eigenvalue weighted by Gasteiger charge is 2.48. The highest BCUT2D eigenvalue weighted by atomic mass is 35.5. The number of rotatable bonds is 5. The second-order valence-corrected chi connectivity index (χ2v) is 4.87. The number of halogens is 1. The summed E-state index contributed by atoms with van der Waals surface area (Å²) in [5.41, 5.74) is -1.07. The fourth-order valence-electron chi connectivity index (χ4n) is 1.77. The van der Waals surface area contributed by atoms with Crippen molar-refractivity contribution >= 4 is 23.4 Å². The highest BCUT2D eigenvalue weighted by molar-refractivity contribution is 6.32. The van der Waals surface area contributed by atoms with Gasteiger partial charge >= 0.3 is 12.0 Å². The van der Waals surface area contributed by atoms with Gasteiger partial charge in [-0.05, 0) is 25.7 Å². The lowest BCUT2D eigenvalue weighted by molar-refractivity contribution is -0.142. The van der Waals surface area contributed by atoms with Crippen molar-refractivity contribution < 1.29 is 14.6 Å². The summed E-state index contributed by atoms with van der Waals surface area (Å²) >= 11 is 5.95. The number of ether oxygens (including phenoxy) is 1. The number of anilines is 1. The molecule has 0 saturated heterocycles. The number of carboxylic acid groups (broad SMARTS) is 1. The molecular weight excluding hydrogens is 258 g/mol.